The molecule has 1 aromatic heterocycles. The fraction of sp³-hybridized carbons (Fsp3) is 0.200. The van der Waals surface area contributed by atoms with Crippen molar-refractivity contribution in [2.24, 2.45) is 0 Å². The lowest BCUT2D eigenvalue weighted by atomic mass is 9.92. The van der Waals surface area contributed by atoms with Crippen LogP contribution in [0.3, 0.4) is 0 Å². The Labute approximate surface area is 170 Å². The molecule has 0 atom stereocenters. The predicted molar refractivity (Wildman–Crippen MR) is 108 cm³/mol. The molecule has 8 heteroatoms. The maximum atomic E-state index is 14.3. The number of anilines is 1. The zero-order valence-electron chi connectivity index (χ0n) is 15.0. The highest BCUT2D eigenvalue weighted by molar-refractivity contribution is 7.13. The van der Waals surface area contributed by atoms with Crippen molar-refractivity contribution in [1.82, 2.24) is 10.4 Å². The van der Waals surface area contributed by atoms with E-state index >= 15 is 0 Å². The van der Waals surface area contributed by atoms with E-state index < -0.39 is 6.09 Å². The van der Waals surface area contributed by atoms with Crippen molar-refractivity contribution in [3.8, 4) is 10.6 Å². The van der Waals surface area contributed by atoms with Gasteiger partial charge in [-0.3, -0.25) is 5.43 Å². The van der Waals surface area contributed by atoms with Crippen molar-refractivity contribution in [2.45, 2.75) is 18.3 Å². The van der Waals surface area contributed by atoms with E-state index in [-0.39, 0.29) is 11.2 Å². The van der Waals surface area contributed by atoms with Gasteiger partial charge in [-0.05, 0) is 36.6 Å². The lowest BCUT2D eigenvalue weighted by molar-refractivity contribution is 0.173. The zero-order chi connectivity index (χ0) is 19.7. The molecule has 1 heterocycles. The van der Waals surface area contributed by atoms with Crippen LogP contribution >= 0.6 is 22.9 Å². The molecule has 1 aliphatic carbocycles. The van der Waals surface area contributed by atoms with Crippen LogP contribution in [0.15, 0.2) is 47.8 Å². The Morgan fingerprint density at radius 1 is 1.29 bits per heavy atom. The predicted octanol–water partition coefficient (Wildman–Crippen LogP) is 5.37. The third kappa shape index (κ3) is 3.43. The molecular formula is C20H17ClFN3O2S. The second kappa shape index (κ2) is 7.41. The Hall–Kier alpha value is -2.64. The number of hydrazine groups is 1. The minimum atomic E-state index is -0.626. The van der Waals surface area contributed by atoms with Crippen LogP contribution in [0.2, 0.25) is 5.02 Å². The third-order valence-corrected chi connectivity index (χ3v) is 6.05. The lowest BCUT2D eigenvalue weighted by Gasteiger charge is -2.14. The van der Waals surface area contributed by atoms with Crippen LogP contribution in [0.25, 0.3) is 10.6 Å². The van der Waals surface area contributed by atoms with Gasteiger partial charge in [0.1, 0.15) is 10.8 Å². The van der Waals surface area contributed by atoms with E-state index in [1.807, 2.05) is 23.6 Å². The Morgan fingerprint density at radius 3 is 2.79 bits per heavy atom. The van der Waals surface area contributed by atoms with E-state index in [0.29, 0.717) is 16.3 Å². The molecule has 144 valence electrons. The quantitative estimate of drug-likeness (QED) is 0.548. The number of methoxy groups -OCH3 is 1. The van der Waals surface area contributed by atoms with Gasteiger partial charge in [0.2, 0.25) is 0 Å². The first kappa shape index (κ1) is 18.7. The van der Waals surface area contributed by atoms with E-state index in [2.05, 4.69) is 15.6 Å². The third-order valence-electron chi connectivity index (χ3n) is 4.83. The molecule has 1 aliphatic rings. The van der Waals surface area contributed by atoms with Gasteiger partial charge in [0.15, 0.2) is 0 Å². The average Bonchev–Trinajstić information content (AvgIpc) is 3.36. The summed E-state index contributed by atoms with van der Waals surface area (Å²) in [5.74, 6) is -0.193. The molecule has 5 nitrogen and oxygen atoms in total. The highest BCUT2D eigenvalue weighted by Gasteiger charge is 2.49. The molecule has 0 aliphatic heterocycles. The summed E-state index contributed by atoms with van der Waals surface area (Å²) in [7, 11) is 1.27. The SMILES string of the molecule is COC(=O)NNc1cc(-c2nc(C3(c4ccccc4F)CC3)cs2)ccc1Cl. The molecule has 0 radical (unpaired) electrons. The number of thiazole rings is 1. The number of hydrogen-bond donors (Lipinski definition) is 2. The first-order chi connectivity index (χ1) is 13.5. The van der Waals surface area contributed by atoms with Crippen molar-refractivity contribution < 1.29 is 13.9 Å². The second-order valence-electron chi connectivity index (χ2n) is 6.54. The van der Waals surface area contributed by atoms with Crippen molar-refractivity contribution >= 4 is 34.7 Å². The van der Waals surface area contributed by atoms with Crippen LogP contribution in [0.1, 0.15) is 24.1 Å². The van der Waals surface area contributed by atoms with E-state index in [9.17, 15) is 9.18 Å². The lowest BCUT2D eigenvalue weighted by Crippen LogP contribution is -2.29. The number of ether oxygens (including phenoxy) is 1. The Kier molecular flexibility index (Phi) is 4.95. The summed E-state index contributed by atoms with van der Waals surface area (Å²) >= 11 is 7.68. The van der Waals surface area contributed by atoms with Gasteiger partial charge in [0, 0.05) is 16.4 Å². The summed E-state index contributed by atoms with van der Waals surface area (Å²) < 4.78 is 18.9. The summed E-state index contributed by atoms with van der Waals surface area (Å²) in [6.45, 7) is 0. The number of benzene rings is 2. The van der Waals surface area contributed by atoms with Gasteiger partial charge >= 0.3 is 6.09 Å². The van der Waals surface area contributed by atoms with Gasteiger partial charge in [-0.25, -0.2) is 19.6 Å². The Balaban J connectivity index is 1.62. The molecule has 0 saturated heterocycles. The number of rotatable bonds is 5. The molecule has 28 heavy (non-hydrogen) atoms. The maximum Gasteiger partial charge on any atom is 0.425 e. The largest absolute Gasteiger partial charge is 0.452 e. The monoisotopic (exact) mass is 417 g/mol. The van der Waals surface area contributed by atoms with Crippen LogP contribution in [-0.4, -0.2) is 18.2 Å². The van der Waals surface area contributed by atoms with E-state index in [0.717, 1.165) is 29.1 Å². The summed E-state index contributed by atoms with van der Waals surface area (Å²) in [5.41, 5.74) is 7.73. The van der Waals surface area contributed by atoms with Crippen molar-refractivity contribution in [3.63, 3.8) is 0 Å². The fourth-order valence-electron chi connectivity index (χ4n) is 3.19. The van der Waals surface area contributed by atoms with E-state index in [1.54, 1.807) is 18.2 Å². The molecule has 1 fully saturated rings. The van der Waals surface area contributed by atoms with Gasteiger partial charge < -0.3 is 4.74 Å². The smallest absolute Gasteiger partial charge is 0.425 e. The number of carbonyl (C=O) groups is 1. The summed E-state index contributed by atoms with van der Waals surface area (Å²) in [6.07, 6.45) is 1.14. The summed E-state index contributed by atoms with van der Waals surface area (Å²) in [4.78, 5) is 16.0. The first-order valence-electron chi connectivity index (χ1n) is 8.64. The second-order valence-corrected chi connectivity index (χ2v) is 7.80. The highest BCUT2D eigenvalue weighted by atomic mass is 35.5. The zero-order valence-corrected chi connectivity index (χ0v) is 16.5. The summed E-state index contributed by atoms with van der Waals surface area (Å²) in [6, 6.07) is 12.3. The number of nitrogens with zero attached hydrogens (tertiary/aromatic N) is 1. The highest BCUT2D eigenvalue weighted by Crippen LogP contribution is 2.54. The van der Waals surface area contributed by atoms with Crippen LogP contribution in [0, 0.1) is 5.82 Å². The molecule has 0 unspecified atom stereocenters. The van der Waals surface area contributed by atoms with E-state index in [4.69, 9.17) is 16.6 Å². The fourth-order valence-corrected chi connectivity index (χ4v) is 4.27. The topological polar surface area (TPSA) is 63.2 Å². The Morgan fingerprint density at radius 2 is 2.07 bits per heavy atom. The van der Waals surface area contributed by atoms with Crippen molar-refractivity contribution in [3.05, 3.63) is 69.9 Å². The van der Waals surface area contributed by atoms with Gasteiger partial charge in [0.05, 0.1) is 23.5 Å². The molecule has 0 bridgehead atoms. The molecule has 2 N–H and O–H groups in total. The molecule has 4 rings (SSSR count). The van der Waals surface area contributed by atoms with Gasteiger partial charge in [-0.15, -0.1) is 11.3 Å². The van der Waals surface area contributed by atoms with Crippen molar-refractivity contribution in [1.29, 1.82) is 0 Å². The number of halogens is 2. The van der Waals surface area contributed by atoms with Crippen LogP contribution in [0.5, 0.6) is 0 Å². The van der Waals surface area contributed by atoms with Crippen LogP contribution in [0.4, 0.5) is 14.9 Å². The standard InChI is InChI=1S/C20H17ClFN3O2S/c1-27-19(26)25-24-16-10-12(6-7-14(16)21)18-23-17(11-28-18)20(8-9-20)13-4-2-3-5-15(13)22/h2-7,10-11,24H,8-9H2,1H3,(H,25,26). The maximum absolute atomic E-state index is 14.3. The molecule has 1 amide bonds. The van der Waals surface area contributed by atoms with E-state index in [1.165, 1.54) is 24.5 Å². The number of carbonyl (C=O) groups excluding carboxylic acids is 1. The van der Waals surface area contributed by atoms with Crippen LogP contribution in [-0.2, 0) is 10.2 Å². The Bertz CT molecular complexity index is 1040. The first-order valence-corrected chi connectivity index (χ1v) is 9.90. The number of hydrogen-bond acceptors (Lipinski definition) is 5. The van der Waals surface area contributed by atoms with Gasteiger partial charge in [-0.2, -0.15) is 0 Å². The molecule has 0 spiro atoms. The van der Waals surface area contributed by atoms with Gasteiger partial charge in [0.25, 0.3) is 0 Å². The average molecular weight is 418 g/mol. The number of nitrogens with one attached hydrogen (secondary N) is 2. The minimum absolute atomic E-state index is 0.193. The minimum Gasteiger partial charge on any atom is -0.452 e. The molecule has 3 aromatic rings. The molecular weight excluding hydrogens is 401 g/mol. The summed E-state index contributed by atoms with van der Waals surface area (Å²) in [5, 5.41) is 3.24. The number of aromatic nitrogens is 1. The molecule has 2 aromatic carbocycles. The molecule has 1 saturated carbocycles. The number of amides is 1. The normalized spacial score (nSPS) is 14.4. The van der Waals surface area contributed by atoms with Gasteiger partial charge in [-0.1, -0.05) is 35.9 Å². The van der Waals surface area contributed by atoms with Crippen LogP contribution < -0.4 is 10.9 Å². The van der Waals surface area contributed by atoms with Crippen molar-refractivity contribution in [2.75, 3.05) is 12.5 Å².